The molecule has 0 bridgehead atoms. The Morgan fingerprint density at radius 3 is 2.19 bits per heavy atom. The first kappa shape index (κ1) is 33.1. The van der Waals surface area contributed by atoms with Crippen LogP contribution in [0, 0.1) is 5.92 Å². The van der Waals surface area contributed by atoms with E-state index < -0.39 is 0 Å². The molecule has 0 radical (unpaired) electrons. The van der Waals surface area contributed by atoms with Crippen molar-refractivity contribution in [3.05, 3.63) is 178 Å². The van der Waals surface area contributed by atoms with Crippen LogP contribution in [-0.4, -0.2) is 17.8 Å². The zero-order valence-corrected chi connectivity index (χ0v) is 31.1. The molecule has 1 aliphatic heterocycles. The summed E-state index contributed by atoms with van der Waals surface area (Å²) in [4.78, 5) is 10.8. The largest absolute Gasteiger partial charge is 0.328 e. The first-order valence-electron chi connectivity index (χ1n) is 19.6. The molecular weight excluding hydrogens is 631 g/mol. The van der Waals surface area contributed by atoms with Gasteiger partial charge in [-0.1, -0.05) is 155 Å². The predicted molar refractivity (Wildman–Crippen MR) is 217 cm³/mol. The normalized spacial score (nSPS) is 28.2. The summed E-state index contributed by atoms with van der Waals surface area (Å²) in [6, 6.07) is 27.5. The molecule has 3 heteroatoms. The van der Waals surface area contributed by atoms with E-state index in [1.807, 2.05) is 0 Å². The second-order valence-electron chi connectivity index (χ2n) is 17.1. The van der Waals surface area contributed by atoms with Crippen molar-refractivity contribution in [1.82, 2.24) is 5.32 Å². The summed E-state index contributed by atoms with van der Waals surface area (Å²) >= 11 is 0. The Bertz CT molecular complexity index is 2150. The lowest BCUT2D eigenvalue weighted by atomic mass is 9.62. The fraction of sp³-hybridized carbons (Fsp3) is 0.347. The number of nitrogens with one attached hydrogen (secondary N) is 1. The van der Waals surface area contributed by atoms with E-state index in [1.54, 1.807) is 5.56 Å². The molecule has 1 N–H and O–H groups in total. The summed E-state index contributed by atoms with van der Waals surface area (Å²) < 4.78 is 0. The number of rotatable bonds is 5. The maximum Gasteiger partial charge on any atom is 0.169 e. The number of fused-ring (bicyclic) bond motifs is 3. The minimum atomic E-state index is -0.261. The molecule has 0 saturated heterocycles. The molecule has 5 aliphatic carbocycles. The van der Waals surface area contributed by atoms with E-state index in [1.165, 1.54) is 57.4 Å². The molecule has 52 heavy (non-hydrogen) atoms. The van der Waals surface area contributed by atoms with Gasteiger partial charge in [0.05, 0.1) is 0 Å². The molecule has 262 valence electrons. The third-order valence-electron chi connectivity index (χ3n) is 12.9. The van der Waals surface area contributed by atoms with Gasteiger partial charge in [-0.15, -0.1) is 0 Å². The van der Waals surface area contributed by atoms with Crippen LogP contribution < -0.4 is 5.32 Å². The summed E-state index contributed by atoms with van der Waals surface area (Å²) in [5, 5.41) is 3.86. The monoisotopic (exact) mass is 681 g/mol. The van der Waals surface area contributed by atoms with Gasteiger partial charge in [0.15, 0.2) is 6.17 Å². The zero-order chi connectivity index (χ0) is 35.5. The number of allylic oxidation sites excluding steroid dienone is 9. The topological polar surface area (TPSA) is 36.8 Å². The Balaban J connectivity index is 1.06. The third kappa shape index (κ3) is 6.02. The van der Waals surface area contributed by atoms with Crippen LogP contribution in [0.5, 0.6) is 0 Å². The van der Waals surface area contributed by atoms with Crippen molar-refractivity contribution in [1.29, 1.82) is 0 Å². The van der Waals surface area contributed by atoms with E-state index in [-0.39, 0.29) is 22.9 Å². The van der Waals surface area contributed by atoms with E-state index >= 15 is 0 Å². The molecule has 0 fully saturated rings. The van der Waals surface area contributed by atoms with Crippen molar-refractivity contribution in [2.75, 3.05) is 0 Å². The second kappa shape index (κ2) is 13.0. The van der Waals surface area contributed by atoms with Crippen molar-refractivity contribution in [3.63, 3.8) is 0 Å². The van der Waals surface area contributed by atoms with Crippen LogP contribution in [0.4, 0.5) is 0 Å². The Kier molecular flexibility index (Phi) is 8.29. The molecule has 0 amide bonds. The third-order valence-corrected chi connectivity index (χ3v) is 12.9. The summed E-state index contributed by atoms with van der Waals surface area (Å²) in [5.41, 5.74) is 13.0. The Morgan fingerprint density at radius 1 is 0.654 bits per heavy atom. The molecule has 3 nitrogen and oxygen atoms in total. The van der Waals surface area contributed by atoms with Crippen LogP contribution in [0.15, 0.2) is 154 Å². The number of hydrogen-bond donors (Lipinski definition) is 1. The van der Waals surface area contributed by atoms with Crippen molar-refractivity contribution in [2.45, 2.75) is 101 Å². The highest BCUT2D eigenvalue weighted by molar-refractivity contribution is 6.12. The smallest absolute Gasteiger partial charge is 0.169 e. The Labute approximate surface area is 310 Å². The van der Waals surface area contributed by atoms with Crippen LogP contribution in [0.1, 0.15) is 117 Å². The van der Waals surface area contributed by atoms with E-state index in [2.05, 4.69) is 160 Å². The van der Waals surface area contributed by atoms with Crippen molar-refractivity contribution in [2.24, 2.45) is 15.9 Å². The Morgan fingerprint density at radius 2 is 1.40 bits per heavy atom. The van der Waals surface area contributed by atoms with Crippen LogP contribution in [0.3, 0.4) is 0 Å². The number of hydrogen-bond acceptors (Lipinski definition) is 3. The highest BCUT2D eigenvalue weighted by atomic mass is 15.2. The molecule has 5 unspecified atom stereocenters. The highest BCUT2D eigenvalue weighted by Crippen LogP contribution is 2.49. The maximum atomic E-state index is 5.47. The molecule has 5 atom stereocenters. The summed E-state index contributed by atoms with van der Waals surface area (Å²) in [5.74, 6) is 3.37. The lowest BCUT2D eigenvalue weighted by Crippen LogP contribution is -2.42. The van der Waals surface area contributed by atoms with Gasteiger partial charge in [-0.3, -0.25) is 0 Å². The first-order chi connectivity index (χ1) is 25.2. The average molecular weight is 682 g/mol. The Hall–Kier alpha value is -4.76. The molecule has 0 aromatic heterocycles. The number of benzene rings is 3. The van der Waals surface area contributed by atoms with Gasteiger partial charge in [-0.2, -0.15) is 0 Å². The lowest BCUT2D eigenvalue weighted by Gasteiger charge is -2.42. The molecule has 0 saturated carbocycles. The lowest BCUT2D eigenvalue weighted by molar-refractivity contribution is 0.331. The zero-order valence-electron chi connectivity index (χ0n) is 31.1. The second-order valence-corrected chi connectivity index (χ2v) is 17.1. The van der Waals surface area contributed by atoms with Gasteiger partial charge in [0.1, 0.15) is 11.7 Å². The van der Waals surface area contributed by atoms with Gasteiger partial charge in [-0.05, 0) is 99.5 Å². The molecule has 6 aliphatic rings. The minimum absolute atomic E-state index is 0.187. The van der Waals surface area contributed by atoms with Gasteiger partial charge in [0.25, 0.3) is 0 Å². The van der Waals surface area contributed by atoms with Gasteiger partial charge in [-0.25, -0.2) is 9.98 Å². The summed E-state index contributed by atoms with van der Waals surface area (Å²) in [6.07, 6.45) is 26.7. The van der Waals surface area contributed by atoms with E-state index in [0.29, 0.717) is 17.8 Å². The van der Waals surface area contributed by atoms with Gasteiger partial charge < -0.3 is 5.32 Å². The summed E-state index contributed by atoms with van der Waals surface area (Å²) in [7, 11) is 0. The average Bonchev–Trinajstić information content (AvgIpc) is 3.19. The molecule has 1 heterocycles. The number of amidine groups is 2. The molecule has 3 aromatic rings. The van der Waals surface area contributed by atoms with Gasteiger partial charge in [0, 0.05) is 23.7 Å². The fourth-order valence-electron chi connectivity index (χ4n) is 9.62. The molecule has 9 rings (SSSR count). The van der Waals surface area contributed by atoms with Gasteiger partial charge >= 0.3 is 0 Å². The first-order valence-corrected chi connectivity index (χ1v) is 19.6. The van der Waals surface area contributed by atoms with E-state index in [4.69, 9.17) is 9.98 Å². The SMILES string of the molecule is CC1(C)CCC(C)(C)c2cc(C3CCC(C4=NC(C5=CCC(c6ccccc6)C=C5)N=C(C5=CC=C6C=CC=CC6C5)N4)c4ccccc43)ccc21. The van der Waals surface area contributed by atoms with Crippen molar-refractivity contribution < 1.29 is 0 Å². The minimum Gasteiger partial charge on any atom is -0.328 e. The van der Waals surface area contributed by atoms with Gasteiger partial charge in [0.2, 0.25) is 0 Å². The van der Waals surface area contributed by atoms with E-state index in [9.17, 15) is 0 Å². The van der Waals surface area contributed by atoms with Crippen LogP contribution in [-0.2, 0) is 10.8 Å². The van der Waals surface area contributed by atoms with Crippen LogP contribution in [0.25, 0.3) is 0 Å². The standard InChI is InChI=1S/C49H51N3/c1-48(2)28-29-49(3,4)44-31-37(24-27-43(44)48)39-25-26-42(41-17-11-10-16-40(39)41)47-51-45(35-21-18-34(19-22-35)32-12-6-5-7-13-32)50-46(52-47)38-23-20-33-14-8-9-15-36(33)30-38/h5-18,20-24,27,31,34,36,39,42,45H,19,25-26,28-30H2,1-4H3,(H,50,51,52). The van der Waals surface area contributed by atoms with Crippen molar-refractivity contribution in [3.8, 4) is 0 Å². The van der Waals surface area contributed by atoms with Crippen LogP contribution >= 0.6 is 0 Å². The van der Waals surface area contributed by atoms with E-state index in [0.717, 1.165) is 37.4 Å². The predicted octanol–water partition coefficient (Wildman–Crippen LogP) is 11.4. The number of nitrogens with zero attached hydrogens (tertiary/aromatic N) is 2. The number of aliphatic imine (C=N–C) groups is 2. The quantitative estimate of drug-likeness (QED) is 0.286. The maximum absolute atomic E-state index is 5.47. The molecule has 0 spiro atoms. The molecular formula is C49H51N3. The molecule has 3 aromatic carbocycles. The fourth-order valence-corrected chi connectivity index (χ4v) is 9.62. The van der Waals surface area contributed by atoms with Crippen molar-refractivity contribution >= 4 is 11.7 Å². The van der Waals surface area contributed by atoms with Crippen LogP contribution in [0.2, 0.25) is 0 Å². The highest BCUT2D eigenvalue weighted by Gasteiger charge is 2.39. The summed E-state index contributed by atoms with van der Waals surface area (Å²) in [6.45, 7) is 9.73.